The lowest BCUT2D eigenvalue weighted by Crippen LogP contribution is -2.06. The van der Waals surface area contributed by atoms with E-state index in [1.54, 1.807) is 24.3 Å². The quantitative estimate of drug-likeness (QED) is 0.755. The van der Waals surface area contributed by atoms with Crippen LogP contribution in [0.5, 0.6) is 0 Å². The first kappa shape index (κ1) is 11.4. The lowest BCUT2D eigenvalue weighted by molar-refractivity contribution is -0.137. The highest BCUT2D eigenvalue weighted by atomic mass is 16.4. The van der Waals surface area contributed by atoms with Gasteiger partial charge in [0.2, 0.25) is 0 Å². The molecule has 0 fully saturated rings. The van der Waals surface area contributed by atoms with E-state index >= 15 is 0 Å². The maximum Gasteiger partial charge on any atom is 0.303 e. The zero-order valence-electron chi connectivity index (χ0n) is 8.51. The van der Waals surface area contributed by atoms with Gasteiger partial charge in [-0.25, -0.2) is 0 Å². The summed E-state index contributed by atoms with van der Waals surface area (Å²) in [4.78, 5) is 20.6. The van der Waals surface area contributed by atoms with Crippen molar-refractivity contribution in [3.63, 3.8) is 0 Å². The van der Waals surface area contributed by atoms with Crippen LogP contribution < -0.4 is 0 Å². The molecule has 1 atom stereocenters. The van der Waals surface area contributed by atoms with E-state index < -0.39 is 5.97 Å². The first-order chi connectivity index (χ1) is 7.11. The van der Waals surface area contributed by atoms with Crippen LogP contribution in [0.2, 0.25) is 0 Å². The summed E-state index contributed by atoms with van der Waals surface area (Å²) in [6.45, 7) is 1.89. The van der Waals surface area contributed by atoms with E-state index in [4.69, 9.17) is 5.11 Å². The van der Waals surface area contributed by atoms with Crippen molar-refractivity contribution in [2.45, 2.75) is 19.8 Å². The van der Waals surface area contributed by atoms with Gasteiger partial charge in [-0.3, -0.25) is 4.79 Å². The number of aliphatic carboxylic acids is 1. The van der Waals surface area contributed by atoms with Crippen molar-refractivity contribution in [3.8, 4) is 0 Å². The Balaban J connectivity index is 2.56. The second-order valence-electron chi connectivity index (χ2n) is 3.66. The van der Waals surface area contributed by atoms with Crippen LogP contribution in [-0.4, -0.2) is 11.1 Å². The van der Waals surface area contributed by atoms with Crippen LogP contribution in [0, 0.1) is 10.8 Å². The standard InChI is InChI=1S/C11H13NO3/c1-8(7-11(13)14)6-9-2-4-10(12-15)5-3-9/h2-5,8H,6-7H2,1H3,(H,13,14). The summed E-state index contributed by atoms with van der Waals surface area (Å²) in [5, 5.41) is 11.4. The average Bonchev–Trinajstić information content (AvgIpc) is 2.17. The van der Waals surface area contributed by atoms with Gasteiger partial charge in [0.25, 0.3) is 0 Å². The van der Waals surface area contributed by atoms with Gasteiger partial charge in [0, 0.05) is 6.42 Å². The average molecular weight is 207 g/mol. The van der Waals surface area contributed by atoms with Crippen molar-refractivity contribution in [1.29, 1.82) is 0 Å². The van der Waals surface area contributed by atoms with E-state index in [1.807, 2.05) is 6.92 Å². The van der Waals surface area contributed by atoms with Crippen LogP contribution >= 0.6 is 0 Å². The van der Waals surface area contributed by atoms with Gasteiger partial charge in [0.15, 0.2) is 0 Å². The van der Waals surface area contributed by atoms with Crippen molar-refractivity contribution in [2.24, 2.45) is 11.1 Å². The van der Waals surface area contributed by atoms with Gasteiger partial charge >= 0.3 is 5.97 Å². The fourth-order valence-corrected chi connectivity index (χ4v) is 1.47. The largest absolute Gasteiger partial charge is 0.481 e. The van der Waals surface area contributed by atoms with Crippen LogP contribution in [0.15, 0.2) is 29.4 Å². The van der Waals surface area contributed by atoms with Crippen molar-refractivity contribution in [3.05, 3.63) is 34.7 Å². The molecule has 1 aromatic carbocycles. The highest BCUT2D eigenvalue weighted by Crippen LogP contribution is 2.16. The Morgan fingerprint density at radius 2 is 2.00 bits per heavy atom. The molecule has 0 bridgehead atoms. The fraction of sp³-hybridized carbons (Fsp3) is 0.364. The van der Waals surface area contributed by atoms with Gasteiger partial charge in [0.1, 0.15) is 5.69 Å². The molecule has 0 aliphatic carbocycles. The summed E-state index contributed by atoms with van der Waals surface area (Å²) in [5.41, 5.74) is 1.42. The fourth-order valence-electron chi connectivity index (χ4n) is 1.47. The Bertz CT molecular complexity index is 345. The lowest BCUT2D eigenvalue weighted by Gasteiger charge is -2.08. The van der Waals surface area contributed by atoms with E-state index in [2.05, 4.69) is 5.18 Å². The zero-order valence-corrected chi connectivity index (χ0v) is 8.51. The number of carboxylic acids is 1. The number of hydrogen-bond donors (Lipinski definition) is 1. The summed E-state index contributed by atoms with van der Waals surface area (Å²) in [6, 6.07) is 6.87. The number of carbonyl (C=O) groups is 1. The molecule has 0 aliphatic heterocycles. The molecule has 1 aromatic rings. The first-order valence-electron chi connectivity index (χ1n) is 4.76. The summed E-state index contributed by atoms with van der Waals surface area (Å²) in [7, 11) is 0. The molecule has 0 amide bonds. The van der Waals surface area contributed by atoms with Gasteiger partial charge in [-0.05, 0) is 35.2 Å². The van der Waals surface area contributed by atoms with Crippen LogP contribution in [0.3, 0.4) is 0 Å². The Morgan fingerprint density at radius 3 is 2.47 bits per heavy atom. The molecule has 0 saturated heterocycles. The van der Waals surface area contributed by atoms with Crippen LogP contribution in [0.1, 0.15) is 18.9 Å². The van der Waals surface area contributed by atoms with Gasteiger partial charge in [-0.2, -0.15) is 0 Å². The maximum absolute atomic E-state index is 10.4. The SMILES string of the molecule is CC(CC(=O)O)Cc1ccc(N=O)cc1. The van der Waals surface area contributed by atoms with Crippen LogP contribution in [-0.2, 0) is 11.2 Å². The number of nitrogens with zero attached hydrogens (tertiary/aromatic N) is 1. The van der Waals surface area contributed by atoms with Gasteiger partial charge in [0.05, 0.1) is 0 Å². The molecule has 0 saturated carbocycles. The minimum atomic E-state index is -0.784. The molecule has 0 spiro atoms. The predicted octanol–water partition coefficient (Wildman–Crippen LogP) is 2.74. The van der Waals surface area contributed by atoms with Crippen molar-refractivity contribution in [1.82, 2.24) is 0 Å². The Hall–Kier alpha value is -1.71. The number of carboxylic acid groups (broad SMARTS) is 1. The Morgan fingerprint density at radius 1 is 1.40 bits per heavy atom. The number of benzene rings is 1. The molecule has 4 nitrogen and oxygen atoms in total. The van der Waals surface area contributed by atoms with E-state index in [0.29, 0.717) is 12.1 Å². The van der Waals surface area contributed by atoms with Gasteiger partial charge in [-0.1, -0.05) is 19.1 Å². The third-order valence-electron chi connectivity index (χ3n) is 2.15. The highest BCUT2D eigenvalue weighted by molar-refractivity contribution is 5.67. The van der Waals surface area contributed by atoms with Crippen LogP contribution in [0.4, 0.5) is 5.69 Å². The van der Waals surface area contributed by atoms with E-state index in [0.717, 1.165) is 5.56 Å². The van der Waals surface area contributed by atoms with E-state index in [9.17, 15) is 9.70 Å². The smallest absolute Gasteiger partial charge is 0.303 e. The maximum atomic E-state index is 10.4. The summed E-state index contributed by atoms with van der Waals surface area (Å²) >= 11 is 0. The summed E-state index contributed by atoms with van der Waals surface area (Å²) in [6.07, 6.45) is 0.860. The van der Waals surface area contributed by atoms with E-state index in [1.165, 1.54) is 0 Å². The number of hydrogen-bond acceptors (Lipinski definition) is 3. The minimum Gasteiger partial charge on any atom is -0.481 e. The third-order valence-corrected chi connectivity index (χ3v) is 2.15. The molecule has 0 aliphatic rings. The lowest BCUT2D eigenvalue weighted by atomic mass is 9.98. The molecule has 4 heteroatoms. The third kappa shape index (κ3) is 3.89. The molecule has 0 radical (unpaired) electrons. The molecule has 0 heterocycles. The molecule has 0 aromatic heterocycles. The number of nitroso groups, excluding NO2 is 1. The highest BCUT2D eigenvalue weighted by Gasteiger charge is 2.08. The summed E-state index contributed by atoms with van der Waals surface area (Å²) in [5.74, 6) is -0.689. The summed E-state index contributed by atoms with van der Waals surface area (Å²) < 4.78 is 0. The first-order valence-corrected chi connectivity index (χ1v) is 4.76. The molecule has 1 rings (SSSR count). The second-order valence-corrected chi connectivity index (χ2v) is 3.66. The monoisotopic (exact) mass is 207 g/mol. The normalized spacial score (nSPS) is 12.1. The second kappa shape index (κ2) is 5.24. The van der Waals surface area contributed by atoms with Gasteiger partial charge in [-0.15, -0.1) is 4.91 Å². The van der Waals surface area contributed by atoms with Crippen molar-refractivity contribution in [2.75, 3.05) is 0 Å². The van der Waals surface area contributed by atoms with E-state index in [-0.39, 0.29) is 12.3 Å². The zero-order chi connectivity index (χ0) is 11.3. The number of rotatable bonds is 5. The van der Waals surface area contributed by atoms with Crippen molar-refractivity contribution < 1.29 is 9.90 Å². The molecular formula is C11H13NO3. The molecule has 1 N–H and O–H groups in total. The van der Waals surface area contributed by atoms with Crippen molar-refractivity contribution >= 4 is 11.7 Å². The van der Waals surface area contributed by atoms with Gasteiger partial charge < -0.3 is 5.11 Å². The van der Waals surface area contributed by atoms with Crippen LogP contribution in [0.25, 0.3) is 0 Å². The Labute approximate surface area is 87.9 Å². The molecule has 1 unspecified atom stereocenters. The molecule has 15 heavy (non-hydrogen) atoms. The molecule has 80 valence electrons. The predicted molar refractivity (Wildman–Crippen MR) is 57.0 cm³/mol. The Kier molecular flexibility index (Phi) is 3.97. The minimum absolute atomic E-state index is 0.0949. The topological polar surface area (TPSA) is 66.7 Å². The molecular weight excluding hydrogens is 194 g/mol.